The summed E-state index contributed by atoms with van der Waals surface area (Å²) in [4.78, 5) is 22.7. The van der Waals surface area contributed by atoms with Gasteiger partial charge in [0.05, 0.1) is 11.0 Å². The van der Waals surface area contributed by atoms with Crippen LogP contribution < -0.4 is 0 Å². The summed E-state index contributed by atoms with van der Waals surface area (Å²) in [5, 5.41) is 0. The van der Waals surface area contributed by atoms with E-state index in [4.69, 9.17) is 0 Å². The summed E-state index contributed by atoms with van der Waals surface area (Å²) in [5.41, 5.74) is 3.15. The molecule has 1 saturated carbocycles. The highest BCUT2D eigenvalue weighted by molar-refractivity contribution is 9.10. The molecule has 1 aliphatic rings. The maximum atomic E-state index is 12.8. The van der Waals surface area contributed by atoms with Crippen LogP contribution in [0.5, 0.6) is 0 Å². The average Bonchev–Trinajstić information content (AvgIpc) is 3.36. The molecule has 25 heavy (non-hydrogen) atoms. The molecule has 0 bridgehead atoms. The van der Waals surface area contributed by atoms with Gasteiger partial charge in [-0.25, -0.2) is 4.98 Å². The Labute approximate surface area is 155 Å². The lowest BCUT2D eigenvalue weighted by atomic mass is 10.2. The maximum Gasteiger partial charge on any atom is 0.223 e. The molecular weight excluding hydrogens is 378 g/mol. The van der Waals surface area contributed by atoms with Gasteiger partial charge in [-0.1, -0.05) is 40.2 Å². The summed E-state index contributed by atoms with van der Waals surface area (Å²) >= 11 is 3.50. The molecule has 2 aromatic carbocycles. The van der Waals surface area contributed by atoms with Gasteiger partial charge in [0, 0.05) is 29.9 Å². The van der Waals surface area contributed by atoms with Crippen molar-refractivity contribution in [3.05, 3.63) is 64.4 Å². The fraction of sp³-hybridized carbons (Fsp3) is 0.300. The number of imidazole rings is 1. The van der Waals surface area contributed by atoms with E-state index in [0.29, 0.717) is 25.4 Å². The first kappa shape index (κ1) is 16.3. The zero-order valence-electron chi connectivity index (χ0n) is 13.9. The third kappa shape index (κ3) is 3.93. The van der Waals surface area contributed by atoms with Crippen molar-refractivity contribution in [2.24, 2.45) is 0 Å². The Morgan fingerprint density at radius 3 is 2.80 bits per heavy atom. The molecule has 0 aliphatic heterocycles. The second-order valence-electron chi connectivity index (χ2n) is 6.58. The Bertz CT molecular complexity index is 868. The van der Waals surface area contributed by atoms with Crippen LogP contribution in [-0.2, 0) is 17.8 Å². The Kier molecular flexibility index (Phi) is 4.57. The number of H-pyrrole nitrogens is 1. The molecule has 4 rings (SSSR count). The summed E-state index contributed by atoms with van der Waals surface area (Å²) in [6, 6.07) is 16.6. The molecular formula is C20H20BrN3O. The second kappa shape index (κ2) is 7.00. The summed E-state index contributed by atoms with van der Waals surface area (Å²) in [6.45, 7) is 0.684. The molecule has 4 nitrogen and oxygen atoms in total. The fourth-order valence-corrected chi connectivity index (χ4v) is 3.58. The normalized spacial score (nSPS) is 14.0. The van der Waals surface area contributed by atoms with Crippen molar-refractivity contribution in [1.82, 2.24) is 14.9 Å². The van der Waals surface area contributed by atoms with Gasteiger partial charge in [0.1, 0.15) is 5.82 Å². The second-order valence-corrected chi connectivity index (χ2v) is 7.50. The first-order valence-electron chi connectivity index (χ1n) is 8.66. The van der Waals surface area contributed by atoms with E-state index in [1.165, 1.54) is 5.56 Å². The minimum atomic E-state index is 0.211. The first-order chi connectivity index (χ1) is 12.2. The average molecular weight is 398 g/mol. The number of aryl methyl sites for hydroxylation is 1. The minimum absolute atomic E-state index is 0.211. The number of hydrogen-bond donors (Lipinski definition) is 1. The predicted octanol–water partition coefficient (Wildman–Crippen LogP) is 4.45. The van der Waals surface area contributed by atoms with Crippen LogP contribution in [0.15, 0.2) is 53.0 Å². The minimum Gasteiger partial charge on any atom is -0.342 e. The number of aromatic nitrogens is 2. The number of aromatic amines is 1. The molecule has 3 aromatic rings. The van der Waals surface area contributed by atoms with Crippen LogP contribution in [0, 0.1) is 0 Å². The lowest BCUT2D eigenvalue weighted by Crippen LogP contribution is -2.32. The SMILES string of the molecule is O=C(CCc1nc2ccccc2[nH]1)N(Cc1cccc(Br)c1)C1CC1. The molecule has 1 N–H and O–H groups in total. The summed E-state index contributed by atoms with van der Waals surface area (Å²) in [7, 11) is 0. The van der Waals surface area contributed by atoms with Gasteiger partial charge < -0.3 is 9.88 Å². The number of carbonyl (C=O) groups excluding carboxylic acids is 1. The van der Waals surface area contributed by atoms with Gasteiger partial charge in [-0.3, -0.25) is 4.79 Å². The zero-order chi connectivity index (χ0) is 17.2. The molecule has 1 fully saturated rings. The van der Waals surface area contributed by atoms with Gasteiger partial charge in [0.2, 0.25) is 5.91 Å². The van der Waals surface area contributed by atoms with Crippen molar-refractivity contribution in [3.63, 3.8) is 0 Å². The number of fused-ring (bicyclic) bond motifs is 1. The van der Waals surface area contributed by atoms with Crippen molar-refractivity contribution in [2.75, 3.05) is 0 Å². The monoisotopic (exact) mass is 397 g/mol. The molecule has 1 heterocycles. The molecule has 0 spiro atoms. The van der Waals surface area contributed by atoms with Crippen molar-refractivity contribution in [1.29, 1.82) is 0 Å². The number of amides is 1. The Morgan fingerprint density at radius 1 is 1.20 bits per heavy atom. The fourth-order valence-electron chi connectivity index (χ4n) is 3.13. The zero-order valence-corrected chi connectivity index (χ0v) is 15.5. The lowest BCUT2D eigenvalue weighted by Gasteiger charge is -2.22. The molecule has 1 aliphatic carbocycles. The van der Waals surface area contributed by atoms with Gasteiger partial charge in [0.25, 0.3) is 0 Å². The van der Waals surface area contributed by atoms with E-state index in [1.54, 1.807) is 0 Å². The van der Waals surface area contributed by atoms with Gasteiger partial charge >= 0.3 is 0 Å². The van der Waals surface area contributed by atoms with E-state index in [2.05, 4.69) is 38.0 Å². The van der Waals surface area contributed by atoms with E-state index in [1.807, 2.05) is 41.3 Å². The van der Waals surface area contributed by atoms with Crippen molar-refractivity contribution < 1.29 is 4.79 Å². The number of rotatable bonds is 6. The van der Waals surface area contributed by atoms with Crippen LogP contribution in [0.4, 0.5) is 0 Å². The molecule has 0 atom stereocenters. The number of hydrogen-bond acceptors (Lipinski definition) is 2. The van der Waals surface area contributed by atoms with Crippen molar-refractivity contribution in [3.8, 4) is 0 Å². The van der Waals surface area contributed by atoms with Crippen LogP contribution in [0.3, 0.4) is 0 Å². The van der Waals surface area contributed by atoms with Gasteiger partial charge in [-0.2, -0.15) is 0 Å². The summed E-state index contributed by atoms with van der Waals surface area (Å²) in [6.07, 6.45) is 3.37. The van der Waals surface area contributed by atoms with E-state index in [9.17, 15) is 4.79 Å². The van der Waals surface area contributed by atoms with E-state index in [-0.39, 0.29) is 5.91 Å². The lowest BCUT2D eigenvalue weighted by molar-refractivity contribution is -0.132. The van der Waals surface area contributed by atoms with Crippen molar-refractivity contribution >= 4 is 32.9 Å². The molecule has 1 amide bonds. The van der Waals surface area contributed by atoms with E-state index >= 15 is 0 Å². The highest BCUT2D eigenvalue weighted by Gasteiger charge is 2.32. The standard InChI is InChI=1S/C20H20BrN3O/c21-15-5-3-4-14(12-15)13-24(16-8-9-16)20(25)11-10-19-22-17-6-1-2-7-18(17)23-19/h1-7,12,16H,8-11,13H2,(H,22,23). The summed E-state index contributed by atoms with van der Waals surface area (Å²) in [5.74, 6) is 1.09. The number of nitrogens with zero attached hydrogens (tertiary/aromatic N) is 2. The Morgan fingerprint density at radius 2 is 2.04 bits per heavy atom. The number of halogens is 1. The highest BCUT2D eigenvalue weighted by Crippen LogP contribution is 2.29. The quantitative estimate of drug-likeness (QED) is 0.667. The smallest absolute Gasteiger partial charge is 0.223 e. The summed E-state index contributed by atoms with van der Waals surface area (Å²) < 4.78 is 1.05. The molecule has 1 aromatic heterocycles. The van der Waals surface area contributed by atoms with Crippen LogP contribution in [0.25, 0.3) is 11.0 Å². The number of nitrogens with one attached hydrogen (secondary N) is 1. The van der Waals surface area contributed by atoms with Crippen LogP contribution in [0.1, 0.15) is 30.7 Å². The molecule has 5 heteroatoms. The van der Waals surface area contributed by atoms with Crippen LogP contribution >= 0.6 is 15.9 Å². The largest absolute Gasteiger partial charge is 0.342 e. The van der Waals surface area contributed by atoms with Crippen LogP contribution in [-0.4, -0.2) is 26.8 Å². The van der Waals surface area contributed by atoms with Gasteiger partial charge in [-0.05, 0) is 42.7 Å². The van der Waals surface area contributed by atoms with Gasteiger partial charge in [-0.15, -0.1) is 0 Å². The number of para-hydroxylation sites is 2. The third-order valence-corrected chi connectivity index (χ3v) is 5.06. The number of benzene rings is 2. The molecule has 0 saturated heterocycles. The maximum absolute atomic E-state index is 12.8. The number of carbonyl (C=O) groups is 1. The first-order valence-corrected chi connectivity index (χ1v) is 9.46. The van der Waals surface area contributed by atoms with E-state index in [0.717, 1.165) is 34.2 Å². The third-order valence-electron chi connectivity index (χ3n) is 4.56. The molecule has 0 unspecified atom stereocenters. The van der Waals surface area contributed by atoms with Crippen molar-refractivity contribution in [2.45, 2.75) is 38.3 Å². The van der Waals surface area contributed by atoms with Gasteiger partial charge in [0.15, 0.2) is 0 Å². The van der Waals surface area contributed by atoms with Crippen LogP contribution in [0.2, 0.25) is 0 Å². The molecule has 0 radical (unpaired) electrons. The topological polar surface area (TPSA) is 49.0 Å². The Hall–Kier alpha value is -2.14. The Balaban J connectivity index is 1.42. The predicted molar refractivity (Wildman–Crippen MR) is 102 cm³/mol. The van der Waals surface area contributed by atoms with E-state index < -0.39 is 0 Å². The molecule has 128 valence electrons. The highest BCUT2D eigenvalue weighted by atomic mass is 79.9.